The molecule has 3 amide bonds. The standard InChI is InChI=1S/C24H30N2O5/c27-22(10-12-26-23(28)17-5-1-2-6-18(17)24(26)29)25-11-3-7-19(25)16-8-9-20-21(15-16)31-14-4-13-30-20/h8-9,15,17-19H,1-7,10-14H2. The van der Waals surface area contributed by atoms with Crippen molar-refractivity contribution >= 4 is 17.7 Å². The van der Waals surface area contributed by atoms with Gasteiger partial charge in [0.15, 0.2) is 11.5 Å². The summed E-state index contributed by atoms with van der Waals surface area (Å²) < 4.78 is 11.5. The van der Waals surface area contributed by atoms with Crippen molar-refractivity contribution in [1.29, 1.82) is 0 Å². The van der Waals surface area contributed by atoms with Crippen LogP contribution in [0.1, 0.15) is 63.0 Å². The number of hydrogen-bond donors (Lipinski definition) is 0. The summed E-state index contributed by atoms with van der Waals surface area (Å²) in [6.45, 7) is 2.18. The molecule has 0 spiro atoms. The molecule has 1 aromatic rings. The monoisotopic (exact) mass is 426 g/mol. The number of rotatable bonds is 4. The zero-order valence-electron chi connectivity index (χ0n) is 17.9. The van der Waals surface area contributed by atoms with E-state index in [1.807, 2.05) is 23.1 Å². The first-order valence-electron chi connectivity index (χ1n) is 11.7. The Bertz CT molecular complexity index is 861. The third-order valence-electron chi connectivity index (χ3n) is 7.21. The first-order valence-corrected chi connectivity index (χ1v) is 11.7. The number of likely N-dealkylation sites (tertiary alicyclic amines) is 2. The van der Waals surface area contributed by atoms with Gasteiger partial charge in [0.1, 0.15) is 0 Å². The van der Waals surface area contributed by atoms with E-state index in [2.05, 4.69) is 0 Å². The van der Waals surface area contributed by atoms with E-state index in [9.17, 15) is 14.4 Å². The van der Waals surface area contributed by atoms with Gasteiger partial charge in [-0.05, 0) is 43.4 Å². The van der Waals surface area contributed by atoms with Crippen LogP contribution in [0.5, 0.6) is 11.5 Å². The SMILES string of the molecule is O=C1C2CCCCC2C(=O)N1CCC(=O)N1CCCC1c1ccc2c(c1)OCCCO2. The molecule has 0 bridgehead atoms. The van der Waals surface area contributed by atoms with Crippen LogP contribution in [0.2, 0.25) is 0 Å². The maximum Gasteiger partial charge on any atom is 0.233 e. The molecule has 5 rings (SSSR count). The van der Waals surface area contributed by atoms with Crippen molar-refractivity contribution < 1.29 is 23.9 Å². The smallest absolute Gasteiger partial charge is 0.233 e. The lowest BCUT2D eigenvalue weighted by atomic mass is 9.81. The zero-order valence-corrected chi connectivity index (χ0v) is 17.9. The molecule has 7 heteroatoms. The van der Waals surface area contributed by atoms with Crippen LogP contribution < -0.4 is 9.47 Å². The molecule has 0 radical (unpaired) electrons. The number of fused-ring (bicyclic) bond motifs is 2. The highest BCUT2D eigenvalue weighted by Crippen LogP contribution is 2.40. The Kier molecular flexibility index (Phi) is 5.59. The highest BCUT2D eigenvalue weighted by Gasteiger charge is 2.48. The van der Waals surface area contributed by atoms with Crippen LogP contribution >= 0.6 is 0 Å². The number of benzene rings is 1. The molecule has 4 aliphatic rings. The van der Waals surface area contributed by atoms with E-state index in [1.165, 1.54) is 4.90 Å². The minimum atomic E-state index is -0.155. The molecular weight excluding hydrogens is 396 g/mol. The number of ether oxygens (including phenoxy) is 2. The highest BCUT2D eigenvalue weighted by molar-refractivity contribution is 6.05. The summed E-state index contributed by atoms with van der Waals surface area (Å²) in [6, 6.07) is 5.94. The molecule has 3 fully saturated rings. The van der Waals surface area contributed by atoms with Gasteiger partial charge in [0.25, 0.3) is 0 Å². The summed E-state index contributed by atoms with van der Waals surface area (Å²) in [5.74, 6) is 1.06. The van der Waals surface area contributed by atoms with Gasteiger partial charge < -0.3 is 14.4 Å². The fraction of sp³-hybridized carbons (Fsp3) is 0.625. The maximum absolute atomic E-state index is 13.1. The maximum atomic E-state index is 13.1. The molecule has 166 valence electrons. The number of carbonyl (C=O) groups is 3. The van der Waals surface area contributed by atoms with Gasteiger partial charge in [0.05, 0.1) is 31.1 Å². The Morgan fingerprint density at radius 3 is 2.35 bits per heavy atom. The molecule has 1 aliphatic carbocycles. The lowest BCUT2D eigenvalue weighted by molar-refractivity contribution is -0.141. The van der Waals surface area contributed by atoms with Crippen LogP contribution in [0.3, 0.4) is 0 Å². The minimum absolute atomic E-state index is 0.00258. The second-order valence-electron chi connectivity index (χ2n) is 9.08. The largest absolute Gasteiger partial charge is 0.490 e. The van der Waals surface area contributed by atoms with Crippen LogP contribution in [0, 0.1) is 11.8 Å². The van der Waals surface area contributed by atoms with Crippen molar-refractivity contribution in [1.82, 2.24) is 9.80 Å². The lowest BCUT2D eigenvalue weighted by Crippen LogP contribution is -2.37. The first kappa shape index (κ1) is 20.3. The van der Waals surface area contributed by atoms with Crippen LogP contribution in [-0.4, -0.2) is 53.8 Å². The second kappa shape index (κ2) is 8.52. The summed E-state index contributed by atoms with van der Waals surface area (Å²) in [5, 5.41) is 0. The van der Waals surface area contributed by atoms with Crippen LogP contribution in [0.4, 0.5) is 0 Å². The van der Waals surface area contributed by atoms with E-state index >= 15 is 0 Å². The minimum Gasteiger partial charge on any atom is -0.490 e. The van der Waals surface area contributed by atoms with Crippen molar-refractivity contribution in [2.45, 2.75) is 57.4 Å². The molecule has 1 aromatic carbocycles. The number of imide groups is 1. The Labute approximate surface area is 182 Å². The number of carbonyl (C=O) groups excluding carboxylic acids is 3. The van der Waals surface area contributed by atoms with E-state index in [0.717, 1.165) is 62.0 Å². The summed E-state index contributed by atoms with van der Waals surface area (Å²) in [4.78, 5) is 41.7. The molecule has 31 heavy (non-hydrogen) atoms. The predicted octanol–water partition coefficient (Wildman–Crippen LogP) is 3.08. The van der Waals surface area contributed by atoms with Crippen molar-refractivity contribution in [3.8, 4) is 11.5 Å². The molecule has 0 aromatic heterocycles. The van der Waals surface area contributed by atoms with Gasteiger partial charge in [0, 0.05) is 25.9 Å². The zero-order chi connectivity index (χ0) is 21.4. The summed E-state index contributed by atoms with van der Waals surface area (Å²) in [7, 11) is 0. The Hall–Kier alpha value is -2.57. The fourth-order valence-electron chi connectivity index (χ4n) is 5.60. The number of nitrogens with zero attached hydrogens (tertiary/aromatic N) is 2. The normalized spacial score (nSPS) is 27.9. The van der Waals surface area contributed by atoms with Crippen LogP contribution in [-0.2, 0) is 14.4 Å². The Balaban J connectivity index is 1.25. The molecule has 3 aliphatic heterocycles. The summed E-state index contributed by atoms with van der Waals surface area (Å²) in [5.41, 5.74) is 1.05. The van der Waals surface area contributed by atoms with Gasteiger partial charge in [-0.15, -0.1) is 0 Å². The number of hydrogen-bond acceptors (Lipinski definition) is 5. The van der Waals surface area contributed by atoms with Gasteiger partial charge in [0.2, 0.25) is 17.7 Å². The molecular formula is C24H30N2O5. The van der Waals surface area contributed by atoms with Crippen LogP contribution in [0.15, 0.2) is 18.2 Å². The molecule has 3 heterocycles. The molecule has 3 atom stereocenters. The second-order valence-corrected chi connectivity index (χ2v) is 9.08. The average molecular weight is 427 g/mol. The van der Waals surface area contributed by atoms with Crippen LogP contribution in [0.25, 0.3) is 0 Å². The van der Waals surface area contributed by atoms with E-state index in [4.69, 9.17) is 9.47 Å². The molecule has 3 unspecified atom stereocenters. The predicted molar refractivity (Wildman–Crippen MR) is 113 cm³/mol. The topological polar surface area (TPSA) is 76.2 Å². The van der Waals surface area contributed by atoms with Gasteiger partial charge in [-0.3, -0.25) is 19.3 Å². The quantitative estimate of drug-likeness (QED) is 0.692. The first-order chi connectivity index (χ1) is 15.1. The summed E-state index contributed by atoms with van der Waals surface area (Å²) in [6.07, 6.45) is 6.52. The van der Waals surface area contributed by atoms with Gasteiger partial charge in [-0.1, -0.05) is 18.9 Å². The third kappa shape index (κ3) is 3.79. The average Bonchev–Trinajstić information content (AvgIpc) is 3.28. The highest BCUT2D eigenvalue weighted by atomic mass is 16.5. The van der Waals surface area contributed by atoms with Crippen molar-refractivity contribution in [3.63, 3.8) is 0 Å². The van der Waals surface area contributed by atoms with E-state index in [1.54, 1.807) is 0 Å². The Morgan fingerprint density at radius 1 is 0.903 bits per heavy atom. The summed E-state index contributed by atoms with van der Waals surface area (Å²) >= 11 is 0. The van der Waals surface area contributed by atoms with Gasteiger partial charge >= 0.3 is 0 Å². The van der Waals surface area contributed by atoms with Crippen molar-refractivity contribution in [2.75, 3.05) is 26.3 Å². The molecule has 0 N–H and O–H groups in total. The van der Waals surface area contributed by atoms with Gasteiger partial charge in [-0.2, -0.15) is 0 Å². The fourth-order valence-corrected chi connectivity index (χ4v) is 5.60. The van der Waals surface area contributed by atoms with E-state index in [-0.39, 0.29) is 48.6 Å². The van der Waals surface area contributed by atoms with E-state index in [0.29, 0.717) is 19.8 Å². The van der Waals surface area contributed by atoms with E-state index < -0.39 is 0 Å². The van der Waals surface area contributed by atoms with Crippen molar-refractivity contribution in [2.24, 2.45) is 11.8 Å². The third-order valence-corrected chi connectivity index (χ3v) is 7.21. The Morgan fingerprint density at radius 2 is 1.61 bits per heavy atom. The molecule has 7 nitrogen and oxygen atoms in total. The van der Waals surface area contributed by atoms with Crippen molar-refractivity contribution in [3.05, 3.63) is 23.8 Å². The number of amides is 3. The van der Waals surface area contributed by atoms with Gasteiger partial charge in [-0.25, -0.2) is 0 Å². The molecule has 1 saturated carbocycles. The molecule has 2 saturated heterocycles. The lowest BCUT2D eigenvalue weighted by Gasteiger charge is -2.26.